The molecule has 1 aliphatic rings. The average molecular weight is 229 g/mol. The number of nitrogens with one attached hydrogen (secondary N) is 1. The first-order valence-corrected chi connectivity index (χ1v) is 6.00. The van der Waals surface area contributed by atoms with Gasteiger partial charge in [0, 0.05) is 10.9 Å². The lowest BCUT2D eigenvalue weighted by atomic mass is 10.0. The highest BCUT2D eigenvalue weighted by Crippen LogP contribution is 2.35. The number of halogens is 2. The van der Waals surface area contributed by atoms with Crippen molar-refractivity contribution in [3.8, 4) is 0 Å². The van der Waals surface area contributed by atoms with Gasteiger partial charge < -0.3 is 5.32 Å². The van der Waals surface area contributed by atoms with E-state index in [2.05, 4.69) is 5.32 Å². The van der Waals surface area contributed by atoms with Crippen LogP contribution in [0, 0.1) is 11.6 Å². The molecular weight excluding hydrogens is 216 g/mol. The third-order valence-electron chi connectivity index (χ3n) is 2.67. The lowest BCUT2D eigenvalue weighted by Gasteiger charge is -2.16. The monoisotopic (exact) mass is 229 g/mol. The van der Waals surface area contributed by atoms with Crippen molar-refractivity contribution in [2.24, 2.45) is 0 Å². The molecule has 1 N–H and O–H groups in total. The van der Waals surface area contributed by atoms with Gasteiger partial charge in [-0.25, -0.2) is 8.78 Å². The van der Waals surface area contributed by atoms with Crippen molar-refractivity contribution in [3.63, 3.8) is 0 Å². The maximum Gasteiger partial charge on any atom is 0.159 e. The molecule has 1 aromatic rings. The average Bonchev–Trinajstić information content (AvgIpc) is 2.41. The van der Waals surface area contributed by atoms with Gasteiger partial charge in [0.05, 0.1) is 0 Å². The topological polar surface area (TPSA) is 12.0 Å². The Balaban J connectivity index is 2.46. The summed E-state index contributed by atoms with van der Waals surface area (Å²) in [5.74, 6) is -0.537. The Hall–Kier alpha value is -0.610. The predicted molar refractivity (Wildman–Crippen MR) is 58.1 cm³/mol. The zero-order valence-electron chi connectivity index (χ0n) is 8.52. The smallest absolute Gasteiger partial charge is 0.159 e. The molecule has 1 nitrogen and oxygen atoms in total. The molecule has 82 valence electrons. The Morgan fingerprint density at radius 2 is 2.07 bits per heavy atom. The van der Waals surface area contributed by atoms with Gasteiger partial charge in [-0.15, -0.1) is 11.8 Å². The Bertz CT molecular complexity index is 368. The van der Waals surface area contributed by atoms with E-state index in [-0.39, 0.29) is 6.04 Å². The van der Waals surface area contributed by atoms with Crippen LogP contribution in [-0.2, 0) is 0 Å². The van der Waals surface area contributed by atoms with E-state index < -0.39 is 11.6 Å². The van der Waals surface area contributed by atoms with E-state index in [0.29, 0.717) is 0 Å². The van der Waals surface area contributed by atoms with Crippen LogP contribution in [0.15, 0.2) is 17.0 Å². The summed E-state index contributed by atoms with van der Waals surface area (Å²) in [7, 11) is 1.85. The van der Waals surface area contributed by atoms with Crippen LogP contribution in [0.3, 0.4) is 0 Å². The molecule has 0 amide bonds. The first kappa shape index (κ1) is 10.9. The van der Waals surface area contributed by atoms with E-state index in [1.165, 1.54) is 12.1 Å². The summed E-state index contributed by atoms with van der Waals surface area (Å²) in [5, 5.41) is 3.14. The minimum atomic E-state index is -0.753. The minimum absolute atomic E-state index is 0.144. The second kappa shape index (κ2) is 4.49. The standard InChI is InChI=1S/C11H13F2NS/c1-14-10-3-2-4-15-11-6-9(13)8(12)5-7(10)11/h5-6,10,14H,2-4H2,1H3. The molecule has 15 heavy (non-hydrogen) atoms. The summed E-state index contributed by atoms with van der Waals surface area (Å²) in [6.45, 7) is 0. The van der Waals surface area contributed by atoms with E-state index in [4.69, 9.17) is 0 Å². The van der Waals surface area contributed by atoms with E-state index in [9.17, 15) is 8.78 Å². The fraction of sp³-hybridized carbons (Fsp3) is 0.455. The Labute approximate surface area is 92.3 Å². The van der Waals surface area contributed by atoms with E-state index in [1.54, 1.807) is 11.8 Å². The molecule has 0 aromatic heterocycles. The quantitative estimate of drug-likeness (QED) is 0.794. The van der Waals surface area contributed by atoms with Crippen LogP contribution in [0.4, 0.5) is 8.78 Å². The molecule has 1 heterocycles. The van der Waals surface area contributed by atoms with Gasteiger partial charge in [0.15, 0.2) is 11.6 Å². The van der Waals surface area contributed by atoms with Crippen LogP contribution in [0.5, 0.6) is 0 Å². The van der Waals surface area contributed by atoms with Crippen LogP contribution < -0.4 is 5.32 Å². The molecule has 1 atom stereocenters. The SMILES string of the molecule is CNC1CCCSc2cc(F)c(F)cc21. The number of thioether (sulfide) groups is 1. The zero-order chi connectivity index (χ0) is 10.8. The van der Waals surface area contributed by atoms with E-state index in [1.807, 2.05) is 7.05 Å². The van der Waals surface area contributed by atoms with Crippen LogP contribution in [0.2, 0.25) is 0 Å². The van der Waals surface area contributed by atoms with Gasteiger partial charge in [0.1, 0.15) is 0 Å². The second-order valence-corrected chi connectivity index (χ2v) is 4.77. The summed E-state index contributed by atoms with van der Waals surface area (Å²) < 4.78 is 26.2. The highest BCUT2D eigenvalue weighted by molar-refractivity contribution is 7.99. The third-order valence-corrected chi connectivity index (χ3v) is 3.83. The zero-order valence-corrected chi connectivity index (χ0v) is 9.33. The van der Waals surface area contributed by atoms with Crippen molar-refractivity contribution in [1.29, 1.82) is 0 Å². The van der Waals surface area contributed by atoms with Gasteiger partial charge in [-0.2, -0.15) is 0 Å². The Morgan fingerprint density at radius 3 is 2.80 bits per heavy atom. The van der Waals surface area contributed by atoms with Crippen molar-refractivity contribution in [1.82, 2.24) is 5.32 Å². The minimum Gasteiger partial charge on any atom is -0.313 e. The Morgan fingerprint density at radius 1 is 1.33 bits per heavy atom. The first-order valence-electron chi connectivity index (χ1n) is 5.01. The molecule has 1 aliphatic heterocycles. The third kappa shape index (κ3) is 2.16. The molecule has 0 radical (unpaired) electrons. The second-order valence-electron chi connectivity index (χ2n) is 3.64. The van der Waals surface area contributed by atoms with Crippen molar-refractivity contribution in [3.05, 3.63) is 29.3 Å². The van der Waals surface area contributed by atoms with Gasteiger partial charge in [0.25, 0.3) is 0 Å². The van der Waals surface area contributed by atoms with Crippen molar-refractivity contribution in [2.75, 3.05) is 12.8 Å². The van der Waals surface area contributed by atoms with Crippen molar-refractivity contribution in [2.45, 2.75) is 23.8 Å². The molecule has 0 saturated heterocycles. The summed E-state index contributed by atoms with van der Waals surface area (Å²) in [5.41, 5.74) is 0.888. The van der Waals surface area contributed by atoms with Crippen LogP contribution in [-0.4, -0.2) is 12.8 Å². The summed E-state index contributed by atoms with van der Waals surface area (Å²) in [4.78, 5) is 0.866. The maximum absolute atomic E-state index is 13.1. The van der Waals surface area contributed by atoms with Crippen LogP contribution in [0.1, 0.15) is 24.4 Å². The highest BCUT2D eigenvalue weighted by atomic mass is 32.2. The molecule has 0 aliphatic carbocycles. The fourth-order valence-corrected chi connectivity index (χ4v) is 2.95. The van der Waals surface area contributed by atoms with Gasteiger partial charge in [-0.05, 0) is 43.3 Å². The molecule has 0 saturated carbocycles. The lowest BCUT2D eigenvalue weighted by molar-refractivity contribution is 0.491. The summed E-state index contributed by atoms with van der Waals surface area (Å²) >= 11 is 1.60. The van der Waals surface area contributed by atoms with Gasteiger partial charge in [0.2, 0.25) is 0 Å². The fourth-order valence-electron chi connectivity index (χ4n) is 1.87. The van der Waals surface area contributed by atoms with E-state index >= 15 is 0 Å². The van der Waals surface area contributed by atoms with Crippen molar-refractivity contribution < 1.29 is 8.78 Å². The van der Waals surface area contributed by atoms with Gasteiger partial charge in [-0.1, -0.05) is 0 Å². The number of hydrogen-bond acceptors (Lipinski definition) is 2. The molecule has 0 spiro atoms. The number of hydrogen-bond donors (Lipinski definition) is 1. The molecule has 2 rings (SSSR count). The molecule has 1 unspecified atom stereocenters. The van der Waals surface area contributed by atoms with Gasteiger partial charge >= 0.3 is 0 Å². The van der Waals surface area contributed by atoms with Crippen LogP contribution in [0.25, 0.3) is 0 Å². The summed E-state index contributed by atoms with van der Waals surface area (Å²) in [6, 6.07) is 2.78. The maximum atomic E-state index is 13.1. The normalized spacial score (nSPS) is 20.9. The van der Waals surface area contributed by atoms with Crippen LogP contribution >= 0.6 is 11.8 Å². The van der Waals surface area contributed by atoms with Crippen molar-refractivity contribution >= 4 is 11.8 Å². The predicted octanol–water partition coefficient (Wildman–Crippen LogP) is 3.11. The summed E-state index contributed by atoms with van der Waals surface area (Å²) in [6.07, 6.45) is 2.04. The number of fused-ring (bicyclic) bond motifs is 1. The lowest BCUT2D eigenvalue weighted by Crippen LogP contribution is -2.16. The Kier molecular flexibility index (Phi) is 3.26. The number of benzene rings is 1. The largest absolute Gasteiger partial charge is 0.313 e. The highest BCUT2D eigenvalue weighted by Gasteiger charge is 2.20. The molecule has 4 heteroatoms. The molecule has 1 aromatic carbocycles. The van der Waals surface area contributed by atoms with Gasteiger partial charge in [-0.3, -0.25) is 0 Å². The van der Waals surface area contributed by atoms with E-state index in [0.717, 1.165) is 29.1 Å². The molecule has 0 fully saturated rings. The molecule has 0 bridgehead atoms. The molecular formula is C11H13F2NS. The first-order chi connectivity index (χ1) is 7.22. The number of rotatable bonds is 1.